The monoisotopic (exact) mass is 622 g/mol. The number of carbonyl (C=O) groups is 2. The predicted molar refractivity (Wildman–Crippen MR) is 177 cm³/mol. The van der Waals surface area contributed by atoms with Crippen molar-refractivity contribution < 1.29 is 19.1 Å². The number of piperidine rings is 1. The van der Waals surface area contributed by atoms with Gasteiger partial charge in [-0.1, -0.05) is 72.8 Å². The van der Waals surface area contributed by atoms with Crippen molar-refractivity contribution >= 4 is 28.5 Å². The van der Waals surface area contributed by atoms with Gasteiger partial charge in [0.05, 0.1) is 37.4 Å². The van der Waals surface area contributed by atoms with E-state index in [4.69, 9.17) is 14.6 Å². The summed E-state index contributed by atoms with van der Waals surface area (Å²) in [5.41, 5.74) is 3.82. The van der Waals surface area contributed by atoms with Gasteiger partial charge in [-0.25, -0.2) is 9.78 Å². The van der Waals surface area contributed by atoms with Crippen molar-refractivity contribution in [2.24, 2.45) is 16.9 Å². The molecule has 10 heteroatoms. The van der Waals surface area contributed by atoms with Gasteiger partial charge in [0.1, 0.15) is 12.5 Å². The lowest BCUT2D eigenvalue weighted by Gasteiger charge is -2.31. The Kier molecular flexibility index (Phi) is 9.93. The summed E-state index contributed by atoms with van der Waals surface area (Å²) < 4.78 is 13.0. The molecule has 10 nitrogen and oxygen atoms in total. The van der Waals surface area contributed by atoms with E-state index in [1.54, 1.807) is 12.0 Å². The van der Waals surface area contributed by atoms with E-state index in [0.29, 0.717) is 45.2 Å². The molecule has 240 valence electrons. The molecule has 1 aromatic heterocycles. The van der Waals surface area contributed by atoms with Crippen molar-refractivity contribution in [3.63, 3.8) is 0 Å². The van der Waals surface area contributed by atoms with E-state index in [1.165, 1.54) is 0 Å². The van der Waals surface area contributed by atoms with Gasteiger partial charge in [-0.05, 0) is 35.1 Å². The highest BCUT2D eigenvalue weighted by Crippen LogP contribution is 2.29. The van der Waals surface area contributed by atoms with Gasteiger partial charge in [0, 0.05) is 52.1 Å². The molecule has 0 N–H and O–H groups in total. The molecule has 1 unspecified atom stereocenters. The number of amides is 2. The number of hydrazone groups is 1. The van der Waals surface area contributed by atoms with E-state index in [2.05, 4.69) is 33.8 Å². The summed E-state index contributed by atoms with van der Waals surface area (Å²) in [6, 6.07) is 24.2. The van der Waals surface area contributed by atoms with E-state index in [1.807, 2.05) is 78.0 Å². The van der Waals surface area contributed by atoms with Crippen LogP contribution in [0.1, 0.15) is 29.7 Å². The Bertz CT molecular complexity index is 1660. The van der Waals surface area contributed by atoms with Crippen LogP contribution in [0.2, 0.25) is 0 Å². The fraction of sp³-hybridized carbons (Fsp3) is 0.389. The molecule has 3 heterocycles. The molecule has 3 aromatic carbocycles. The average molecular weight is 623 g/mol. The molecule has 4 aromatic rings. The number of rotatable bonds is 11. The first-order chi connectivity index (χ1) is 22.5. The molecule has 6 rings (SSSR count). The van der Waals surface area contributed by atoms with Crippen LogP contribution in [0.4, 0.5) is 4.79 Å². The van der Waals surface area contributed by atoms with Gasteiger partial charge in [0.15, 0.2) is 0 Å². The van der Waals surface area contributed by atoms with E-state index in [0.717, 1.165) is 52.7 Å². The minimum atomic E-state index is -0.394. The highest BCUT2D eigenvalue weighted by molar-refractivity contribution is 6.19. The molecule has 2 aliphatic rings. The van der Waals surface area contributed by atoms with Crippen molar-refractivity contribution in [3.05, 3.63) is 102 Å². The average Bonchev–Trinajstić information content (AvgIpc) is 3.72. The second kappa shape index (κ2) is 14.6. The maximum Gasteiger partial charge on any atom is 0.410 e. The maximum atomic E-state index is 13.7. The van der Waals surface area contributed by atoms with Gasteiger partial charge >= 0.3 is 6.09 Å². The number of likely N-dealkylation sites (tertiary alicyclic amines) is 1. The minimum absolute atomic E-state index is 0.0359. The fourth-order valence-corrected chi connectivity index (χ4v) is 6.37. The summed E-state index contributed by atoms with van der Waals surface area (Å²) in [6.07, 6.45) is 5.31. The lowest BCUT2D eigenvalue weighted by atomic mass is 9.92. The van der Waals surface area contributed by atoms with Crippen LogP contribution in [0.5, 0.6) is 0 Å². The van der Waals surface area contributed by atoms with Crippen LogP contribution in [0.25, 0.3) is 10.8 Å². The topological polar surface area (TPSA) is 92.5 Å². The van der Waals surface area contributed by atoms with E-state index >= 15 is 0 Å². The van der Waals surface area contributed by atoms with Crippen LogP contribution in [-0.4, -0.2) is 89.0 Å². The normalized spacial score (nSPS) is 16.9. The first kappa shape index (κ1) is 31.3. The van der Waals surface area contributed by atoms with Crippen molar-refractivity contribution in [2.45, 2.75) is 32.5 Å². The van der Waals surface area contributed by atoms with Crippen molar-refractivity contribution in [3.8, 4) is 0 Å². The molecule has 0 bridgehead atoms. The Balaban J connectivity index is 1.11. The van der Waals surface area contributed by atoms with Gasteiger partial charge in [0.2, 0.25) is 5.91 Å². The number of imidazole rings is 1. The smallest absolute Gasteiger partial charge is 0.410 e. The second-order valence-electron chi connectivity index (χ2n) is 12.2. The summed E-state index contributed by atoms with van der Waals surface area (Å²) >= 11 is 0. The van der Waals surface area contributed by atoms with Crippen molar-refractivity contribution in [1.82, 2.24) is 24.4 Å². The third-order valence-corrected chi connectivity index (χ3v) is 9.02. The number of hydrogen-bond donors (Lipinski definition) is 0. The number of fused-ring (bicyclic) bond motifs is 1. The van der Waals surface area contributed by atoms with Crippen LogP contribution in [0, 0.1) is 11.8 Å². The number of ether oxygens (including phenoxy) is 2. The standard InChI is InChI=1S/C36H42N6O4/c1-39(19-20-45-2)35(43)33-24-42(38-34(33)32-14-8-12-29-11-6-7-13-31(29)32)23-30-21-37-26-41(30)22-27-15-17-40(18-16-27)36(44)46-25-28-9-4-3-5-10-28/h3-14,21,26-27,33H,15-20,22-25H2,1-2H3. The molecule has 1 fully saturated rings. The highest BCUT2D eigenvalue weighted by Gasteiger charge is 2.36. The van der Waals surface area contributed by atoms with Gasteiger partial charge in [-0.2, -0.15) is 5.10 Å². The number of likely N-dealkylation sites (N-methyl/N-ethyl adjacent to an activating group) is 1. The number of carbonyl (C=O) groups excluding carboxylic acids is 2. The molecule has 0 saturated carbocycles. The number of nitrogens with zero attached hydrogens (tertiary/aromatic N) is 6. The lowest BCUT2D eigenvalue weighted by Crippen LogP contribution is -2.40. The zero-order valence-electron chi connectivity index (χ0n) is 26.6. The molecule has 0 radical (unpaired) electrons. The van der Waals surface area contributed by atoms with Crippen LogP contribution in [0.15, 0.2) is 90.4 Å². The van der Waals surface area contributed by atoms with Crippen LogP contribution >= 0.6 is 0 Å². The largest absolute Gasteiger partial charge is 0.445 e. The third-order valence-electron chi connectivity index (χ3n) is 9.02. The second-order valence-corrected chi connectivity index (χ2v) is 12.2. The first-order valence-corrected chi connectivity index (χ1v) is 16.0. The highest BCUT2D eigenvalue weighted by atomic mass is 16.6. The number of methoxy groups -OCH3 is 1. The van der Waals surface area contributed by atoms with Crippen LogP contribution < -0.4 is 0 Å². The SMILES string of the molecule is COCCN(C)C(=O)C1CN(Cc2cncn2CC2CCN(C(=O)OCc3ccccc3)CC2)N=C1c1cccc2ccccc12. The summed E-state index contributed by atoms with van der Waals surface area (Å²) in [6.45, 7) is 4.49. The number of benzene rings is 3. The molecular weight excluding hydrogens is 580 g/mol. The summed E-state index contributed by atoms with van der Waals surface area (Å²) in [5, 5.41) is 9.29. The fourth-order valence-electron chi connectivity index (χ4n) is 6.37. The maximum absolute atomic E-state index is 13.7. The Morgan fingerprint density at radius 3 is 2.54 bits per heavy atom. The molecule has 1 saturated heterocycles. The van der Waals surface area contributed by atoms with Gasteiger partial charge < -0.3 is 23.8 Å². The molecule has 2 amide bonds. The van der Waals surface area contributed by atoms with Crippen LogP contribution in [0.3, 0.4) is 0 Å². The summed E-state index contributed by atoms with van der Waals surface area (Å²) in [4.78, 5) is 34.4. The molecule has 0 aliphatic carbocycles. The minimum Gasteiger partial charge on any atom is -0.445 e. The van der Waals surface area contributed by atoms with Crippen LogP contribution in [-0.2, 0) is 34.0 Å². The predicted octanol–water partition coefficient (Wildman–Crippen LogP) is 5.03. The molecule has 0 spiro atoms. The quantitative estimate of drug-likeness (QED) is 0.233. The van der Waals surface area contributed by atoms with Crippen molar-refractivity contribution in [2.75, 3.05) is 46.9 Å². The first-order valence-electron chi connectivity index (χ1n) is 16.0. The Morgan fingerprint density at radius 2 is 1.74 bits per heavy atom. The van der Waals surface area contributed by atoms with E-state index < -0.39 is 5.92 Å². The Labute approximate surface area is 270 Å². The zero-order valence-corrected chi connectivity index (χ0v) is 26.6. The third kappa shape index (κ3) is 7.23. The molecule has 2 aliphatic heterocycles. The summed E-state index contributed by atoms with van der Waals surface area (Å²) in [5.74, 6) is 0.0620. The Hall–Kier alpha value is -4.70. The van der Waals surface area contributed by atoms with Gasteiger partial charge in [-0.15, -0.1) is 0 Å². The van der Waals surface area contributed by atoms with E-state index in [9.17, 15) is 9.59 Å². The number of aromatic nitrogens is 2. The molecular formula is C36H42N6O4. The zero-order chi connectivity index (χ0) is 31.9. The van der Waals surface area contributed by atoms with E-state index in [-0.39, 0.29) is 18.6 Å². The van der Waals surface area contributed by atoms with Gasteiger partial charge in [0.25, 0.3) is 0 Å². The number of hydrogen-bond acceptors (Lipinski definition) is 7. The lowest BCUT2D eigenvalue weighted by molar-refractivity contribution is -0.132. The molecule has 1 atom stereocenters. The van der Waals surface area contributed by atoms with Crippen molar-refractivity contribution in [1.29, 1.82) is 0 Å². The molecule has 46 heavy (non-hydrogen) atoms. The van der Waals surface area contributed by atoms with Gasteiger partial charge in [-0.3, -0.25) is 9.80 Å². The Morgan fingerprint density at radius 1 is 0.978 bits per heavy atom. The summed E-state index contributed by atoms with van der Waals surface area (Å²) in [7, 11) is 3.47.